The molecule has 2 amide bonds. The number of benzene rings is 2. The average Bonchev–Trinajstić information content (AvgIpc) is 3.24. The number of anilines is 2. The second-order valence-corrected chi connectivity index (χ2v) is 6.85. The van der Waals surface area contributed by atoms with Crippen LogP contribution < -0.4 is 10.6 Å². The molecule has 0 aliphatic heterocycles. The number of hydrogen-bond acceptors (Lipinski definition) is 3. The van der Waals surface area contributed by atoms with Crippen LogP contribution in [0.4, 0.5) is 11.4 Å². The highest BCUT2D eigenvalue weighted by Gasteiger charge is 2.39. The summed E-state index contributed by atoms with van der Waals surface area (Å²) in [6.07, 6.45) is 4.32. The van der Waals surface area contributed by atoms with Crippen LogP contribution in [-0.4, -0.2) is 21.6 Å². The fourth-order valence-corrected chi connectivity index (χ4v) is 2.94. The number of amides is 2. The molecule has 2 unspecified atom stereocenters. The van der Waals surface area contributed by atoms with Gasteiger partial charge in [-0.1, -0.05) is 25.1 Å². The summed E-state index contributed by atoms with van der Waals surface area (Å²) < 4.78 is 1.70. The van der Waals surface area contributed by atoms with E-state index in [4.69, 9.17) is 0 Å². The second kappa shape index (κ2) is 7.07. The summed E-state index contributed by atoms with van der Waals surface area (Å²) in [6, 6.07) is 16.6. The van der Waals surface area contributed by atoms with Gasteiger partial charge in [0, 0.05) is 17.2 Å². The van der Waals surface area contributed by atoms with Gasteiger partial charge in [-0.15, -0.1) is 0 Å². The minimum absolute atomic E-state index is 0.0491. The molecule has 1 aliphatic carbocycles. The Balaban J connectivity index is 1.38. The van der Waals surface area contributed by atoms with Crippen molar-refractivity contribution >= 4 is 23.2 Å². The lowest BCUT2D eigenvalue weighted by Gasteiger charge is -2.06. The van der Waals surface area contributed by atoms with E-state index in [0.29, 0.717) is 22.9 Å². The standard InChI is InChI=1S/C21H20N4O2/c1-14-11-19(14)21(27)23-16-9-7-15(8-10-16)20(26)24-17-12-22-25(13-17)18-5-3-2-4-6-18/h2-10,12-14,19H,11H2,1H3,(H,23,27)(H,24,26). The Bertz CT molecular complexity index is 963. The largest absolute Gasteiger partial charge is 0.326 e. The maximum Gasteiger partial charge on any atom is 0.255 e. The number of rotatable bonds is 5. The summed E-state index contributed by atoms with van der Waals surface area (Å²) in [5.74, 6) is 0.408. The third kappa shape index (κ3) is 3.89. The zero-order chi connectivity index (χ0) is 18.8. The molecule has 0 spiro atoms. The number of aromatic nitrogens is 2. The van der Waals surface area contributed by atoms with Crippen LogP contribution in [0.5, 0.6) is 0 Å². The van der Waals surface area contributed by atoms with Gasteiger partial charge in [-0.2, -0.15) is 5.10 Å². The lowest BCUT2D eigenvalue weighted by molar-refractivity contribution is -0.117. The van der Waals surface area contributed by atoms with E-state index < -0.39 is 0 Å². The van der Waals surface area contributed by atoms with Gasteiger partial charge in [-0.05, 0) is 48.7 Å². The predicted octanol–water partition coefficient (Wildman–Crippen LogP) is 3.72. The molecule has 1 saturated carbocycles. The van der Waals surface area contributed by atoms with E-state index in [9.17, 15) is 9.59 Å². The molecule has 2 N–H and O–H groups in total. The SMILES string of the molecule is CC1CC1C(=O)Nc1ccc(C(=O)Nc2cnn(-c3ccccc3)c2)cc1. The van der Waals surface area contributed by atoms with Crippen molar-refractivity contribution in [2.75, 3.05) is 10.6 Å². The first-order valence-electron chi connectivity index (χ1n) is 8.92. The van der Waals surface area contributed by atoms with Gasteiger partial charge in [0.2, 0.25) is 5.91 Å². The molecular formula is C21H20N4O2. The van der Waals surface area contributed by atoms with Crippen molar-refractivity contribution < 1.29 is 9.59 Å². The van der Waals surface area contributed by atoms with Crippen molar-refractivity contribution in [3.8, 4) is 5.69 Å². The zero-order valence-electron chi connectivity index (χ0n) is 14.9. The first-order valence-corrected chi connectivity index (χ1v) is 8.92. The maximum absolute atomic E-state index is 12.4. The van der Waals surface area contributed by atoms with Crippen molar-refractivity contribution in [1.82, 2.24) is 9.78 Å². The van der Waals surface area contributed by atoms with Gasteiger partial charge < -0.3 is 10.6 Å². The molecule has 1 fully saturated rings. The first-order chi connectivity index (χ1) is 13.1. The maximum atomic E-state index is 12.4. The molecule has 1 heterocycles. The molecule has 27 heavy (non-hydrogen) atoms. The Morgan fingerprint density at radius 3 is 2.37 bits per heavy atom. The molecule has 4 rings (SSSR count). The molecule has 2 aromatic carbocycles. The molecule has 136 valence electrons. The van der Waals surface area contributed by atoms with Crippen LogP contribution in [0.1, 0.15) is 23.7 Å². The van der Waals surface area contributed by atoms with Crippen LogP contribution in [0, 0.1) is 11.8 Å². The topological polar surface area (TPSA) is 76.0 Å². The highest BCUT2D eigenvalue weighted by molar-refractivity contribution is 6.04. The average molecular weight is 360 g/mol. The Morgan fingerprint density at radius 1 is 1.00 bits per heavy atom. The number of nitrogens with one attached hydrogen (secondary N) is 2. The molecule has 0 radical (unpaired) electrons. The van der Waals surface area contributed by atoms with E-state index in [1.165, 1.54) is 0 Å². The van der Waals surface area contributed by atoms with Gasteiger partial charge in [0.05, 0.1) is 23.8 Å². The Hall–Kier alpha value is -3.41. The normalized spacial score (nSPS) is 18.0. The Kier molecular flexibility index (Phi) is 4.46. The van der Waals surface area contributed by atoms with Crippen LogP contribution in [0.25, 0.3) is 5.69 Å². The molecule has 6 heteroatoms. The van der Waals surface area contributed by atoms with Gasteiger partial charge >= 0.3 is 0 Å². The monoisotopic (exact) mass is 360 g/mol. The molecule has 1 aromatic heterocycles. The van der Waals surface area contributed by atoms with E-state index in [0.717, 1.165) is 12.1 Å². The molecule has 3 aromatic rings. The number of hydrogen-bond donors (Lipinski definition) is 2. The fraction of sp³-hybridized carbons (Fsp3) is 0.190. The van der Waals surface area contributed by atoms with E-state index in [2.05, 4.69) is 22.7 Å². The summed E-state index contributed by atoms with van der Waals surface area (Å²) in [6.45, 7) is 2.07. The minimum atomic E-state index is -0.226. The van der Waals surface area contributed by atoms with Crippen LogP contribution in [0.2, 0.25) is 0 Å². The molecule has 2 atom stereocenters. The highest BCUT2D eigenvalue weighted by atomic mass is 16.2. The van der Waals surface area contributed by atoms with E-state index >= 15 is 0 Å². The number of carbonyl (C=O) groups excluding carboxylic acids is 2. The third-order valence-electron chi connectivity index (χ3n) is 4.72. The first kappa shape index (κ1) is 17.0. The number of para-hydroxylation sites is 1. The smallest absolute Gasteiger partial charge is 0.255 e. The van der Waals surface area contributed by atoms with Crippen molar-refractivity contribution in [2.45, 2.75) is 13.3 Å². The van der Waals surface area contributed by atoms with Gasteiger partial charge in [-0.3, -0.25) is 9.59 Å². The predicted molar refractivity (Wildman–Crippen MR) is 104 cm³/mol. The summed E-state index contributed by atoms with van der Waals surface area (Å²) in [5.41, 5.74) is 2.75. The fourth-order valence-electron chi connectivity index (χ4n) is 2.94. The molecule has 0 saturated heterocycles. The van der Waals surface area contributed by atoms with Crippen molar-refractivity contribution in [3.05, 3.63) is 72.6 Å². The van der Waals surface area contributed by atoms with Gasteiger partial charge in [0.15, 0.2) is 0 Å². The summed E-state index contributed by atoms with van der Waals surface area (Å²) >= 11 is 0. The van der Waals surface area contributed by atoms with Crippen LogP contribution in [0.15, 0.2) is 67.0 Å². The van der Waals surface area contributed by atoms with Crippen molar-refractivity contribution in [2.24, 2.45) is 11.8 Å². The lowest BCUT2D eigenvalue weighted by atomic mass is 10.2. The van der Waals surface area contributed by atoms with Gasteiger partial charge in [0.1, 0.15) is 0 Å². The zero-order valence-corrected chi connectivity index (χ0v) is 14.9. The quantitative estimate of drug-likeness (QED) is 0.728. The Morgan fingerprint density at radius 2 is 1.70 bits per heavy atom. The Labute approximate surface area is 157 Å². The van der Waals surface area contributed by atoms with Crippen molar-refractivity contribution in [3.63, 3.8) is 0 Å². The van der Waals surface area contributed by atoms with Crippen LogP contribution in [-0.2, 0) is 4.79 Å². The number of carbonyl (C=O) groups is 2. The highest BCUT2D eigenvalue weighted by Crippen LogP contribution is 2.38. The summed E-state index contributed by atoms with van der Waals surface area (Å²) in [7, 11) is 0. The molecule has 6 nitrogen and oxygen atoms in total. The third-order valence-corrected chi connectivity index (χ3v) is 4.72. The number of nitrogens with zero attached hydrogens (tertiary/aromatic N) is 2. The van der Waals surface area contributed by atoms with Crippen LogP contribution >= 0.6 is 0 Å². The summed E-state index contributed by atoms with van der Waals surface area (Å²) in [5, 5.41) is 9.98. The van der Waals surface area contributed by atoms with E-state index in [1.807, 2.05) is 30.3 Å². The van der Waals surface area contributed by atoms with Gasteiger partial charge in [0.25, 0.3) is 5.91 Å². The minimum Gasteiger partial charge on any atom is -0.326 e. The molecule has 1 aliphatic rings. The van der Waals surface area contributed by atoms with Crippen LogP contribution in [0.3, 0.4) is 0 Å². The lowest BCUT2D eigenvalue weighted by Crippen LogP contribution is -2.15. The summed E-state index contributed by atoms with van der Waals surface area (Å²) in [4.78, 5) is 24.4. The van der Waals surface area contributed by atoms with E-state index in [-0.39, 0.29) is 17.7 Å². The van der Waals surface area contributed by atoms with Crippen molar-refractivity contribution in [1.29, 1.82) is 0 Å². The molecule has 0 bridgehead atoms. The second-order valence-electron chi connectivity index (χ2n) is 6.85. The van der Waals surface area contributed by atoms with Gasteiger partial charge in [-0.25, -0.2) is 4.68 Å². The van der Waals surface area contributed by atoms with E-state index in [1.54, 1.807) is 41.3 Å². The molecular weight excluding hydrogens is 340 g/mol.